The van der Waals surface area contributed by atoms with E-state index in [1.165, 1.54) is 0 Å². The van der Waals surface area contributed by atoms with E-state index >= 15 is 0 Å². The molecule has 0 fully saturated rings. The van der Waals surface area contributed by atoms with Crippen molar-refractivity contribution in [3.63, 3.8) is 0 Å². The summed E-state index contributed by atoms with van der Waals surface area (Å²) in [5.74, 6) is 0.129. The molecule has 0 N–H and O–H groups in total. The number of rotatable bonds is 4. The van der Waals surface area contributed by atoms with Gasteiger partial charge < -0.3 is 0 Å². The van der Waals surface area contributed by atoms with Crippen LogP contribution in [0.1, 0.15) is 26.7 Å². The van der Waals surface area contributed by atoms with E-state index < -0.39 is 0 Å². The van der Waals surface area contributed by atoms with Gasteiger partial charge in [-0.2, -0.15) is 0 Å². The topological polar surface area (TPSA) is 17.1 Å². The molecule has 1 heteroatoms. The molecule has 0 bridgehead atoms. The first-order valence-electron chi connectivity index (χ1n) is 3.61. The molecular weight excluding hydrogens is 124 g/mol. The first-order chi connectivity index (χ1) is 4.72. The monoisotopic (exact) mass is 138 g/mol. The highest BCUT2D eigenvalue weighted by Crippen LogP contribution is 1.98. The zero-order chi connectivity index (χ0) is 7.98. The van der Waals surface area contributed by atoms with Gasteiger partial charge in [-0.05, 0) is 6.42 Å². The van der Waals surface area contributed by atoms with Crippen LogP contribution in [0.5, 0.6) is 0 Å². The molecule has 0 aromatic carbocycles. The minimum Gasteiger partial charge on any atom is -0.294 e. The number of allylic oxidation sites excluding steroid dienone is 3. The molecule has 0 aliphatic heterocycles. The minimum absolute atomic E-state index is 0.129. The molecule has 0 amide bonds. The van der Waals surface area contributed by atoms with Gasteiger partial charge in [0.1, 0.15) is 0 Å². The molecule has 1 nitrogen and oxygen atoms in total. The fraction of sp³-hybridized carbons (Fsp3) is 0.444. The average Bonchev–Trinajstić information content (AvgIpc) is 1.98. The van der Waals surface area contributed by atoms with Crippen LogP contribution in [-0.2, 0) is 4.79 Å². The molecule has 10 heavy (non-hydrogen) atoms. The van der Waals surface area contributed by atoms with Gasteiger partial charge in [0.15, 0.2) is 5.78 Å². The Hall–Kier alpha value is -0.850. The largest absolute Gasteiger partial charge is 0.294 e. The molecular formula is C9H14O. The Labute approximate surface area is 62.4 Å². The molecule has 0 saturated carbocycles. The van der Waals surface area contributed by atoms with E-state index in [1.807, 2.05) is 19.9 Å². The Morgan fingerprint density at radius 2 is 2.10 bits per heavy atom. The Kier molecular flexibility index (Phi) is 4.55. The predicted molar refractivity (Wildman–Crippen MR) is 43.9 cm³/mol. The molecule has 0 radical (unpaired) electrons. The maximum atomic E-state index is 10.9. The molecule has 0 heterocycles. The molecule has 0 saturated heterocycles. The van der Waals surface area contributed by atoms with Crippen molar-refractivity contribution in [3.8, 4) is 0 Å². The van der Waals surface area contributed by atoms with Gasteiger partial charge in [-0.25, -0.2) is 0 Å². The summed E-state index contributed by atoms with van der Waals surface area (Å²) in [6.45, 7) is 7.50. The zero-order valence-corrected chi connectivity index (χ0v) is 6.68. The first kappa shape index (κ1) is 9.15. The molecule has 0 rings (SSSR count). The van der Waals surface area contributed by atoms with Crippen LogP contribution in [0.3, 0.4) is 0 Å². The second-order valence-electron chi connectivity index (χ2n) is 2.11. The lowest BCUT2D eigenvalue weighted by Gasteiger charge is -1.92. The second-order valence-corrected chi connectivity index (χ2v) is 2.11. The van der Waals surface area contributed by atoms with E-state index in [0.29, 0.717) is 12.0 Å². The van der Waals surface area contributed by atoms with Crippen molar-refractivity contribution in [2.75, 3.05) is 0 Å². The first-order valence-corrected chi connectivity index (χ1v) is 3.61. The van der Waals surface area contributed by atoms with E-state index in [2.05, 4.69) is 6.58 Å². The van der Waals surface area contributed by atoms with E-state index in [-0.39, 0.29) is 5.78 Å². The van der Waals surface area contributed by atoms with Crippen molar-refractivity contribution >= 4 is 5.78 Å². The maximum absolute atomic E-state index is 10.9. The lowest BCUT2D eigenvalue weighted by atomic mass is 10.1. The van der Waals surface area contributed by atoms with Crippen molar-refractivity contribution < 1.29 is 4.79 Å². The zero-order valence-electron chi connectivity index (χ0n) is 6.68. The third-order valence-corrected chi connectivity index (χ3v) is 1.23. The Bertz CT molecular complexity index is 154. The number of carbonyl (C=O) groups is 1. The summed E-state index contributed by atoms with van der Waals surface area (Å²) in [4.78, 5) is 10.9. The molecule has 56 valence electrons. The Balaban J connectivity index is 3.85. The highest BCUT2D eigenvalue weighted by molar-refractivity contribution is 5.97. The third kappa shape index (κ3) is 3.23. The van der Waals surface area contributed by atoms with Crippen LogP contribution >= 0.6 is 0 Å². The summed E-state index contributed by atoms with van der Waals surface area (Å²) in [7, 11) is 0. The van der Waals surface area contributed by atoms with Gasteiger partial charge >= 0.3 is 0 Å². The van der Waals surface area contributed by atoms with Gasteiger partial charge in [-0.3, -0.25) is 4.79 Å². The quantitative estimate of drug-likeness (QED) is 0.431. The molecule has 0 atom stereocenters. The SMILES string of the molecule is C=C(/C=C\CC)C(=O)CC. The molecule has 0 spiro atoms. The fourth-order valence-corrected chi connectivity index (χ4v) is 0.580. The van der Waals surface area contributed by atoms with Crippen LogP contribution in [0.2, 0.25) is 0 Å². The van der Waals surface area contributed by atoms with Crippen LogP contribution < -0.4 is 0 Å². The highest BCUT2D eigenvalue weighted by atomic mass is 16.1. The molecule has 0 aliphatic rings. The number of carbonyl (C=O) groups excluding carboxylic acids is 1. The number of hydrogen-bond acceptors (Lipinski definition) is 1. The number of ketones is 1. The van der Waals surface area contributed by atoms with Gasteiger partial charge in [-0.1, -0.05) is 32.6 Å². The summed E-state index contributed by atoms with van der Waals surface area (Å²) in [5.41, 5.74) is 0.615. The minimum atomic E-state index is 0.129. The smallest absolute Gasteiger partial charge is 0.161 e. The van der Waals surface area contributed by atoms with Crippen LogP contribution in [0, 0.1) is 0 Å². The van der Waals surface area contributed by atoms with Crippen LogP contribution in [0.4, 0.5) is 0 Å². The van der Waals surface area contributed by atoms with Crippen molar-refractivity contribution in [3.05, 3.63) is 24.3 Å². The van der Waals surface area contributed by atoms with E-state index in [0.717, 1.165) is 6.42 Å². The predicted octanol–water partition coefficient (Wildman–Crippen LogP) is 2.49. The van der Waals surface area contributed by atoms with Crippen LogP contribution in [0.15, 0.2) is 24.3 Å². The summed E-state index contributed by atoms with van der Waals surface area (Å²) in [6.07, 6.45) is 5.23. The Morgan fingerprint density at radius 1 is 1.50 bits per heavy atom. The molecule has 0 unspecified atom stereocenters. The van der Waals surface area contributed by atoms with Gasteiger partial charge in [0, 0.05) is 12.0 Å². The van der Waals surface area contributed by atoms with Gasteiger partial charge in [0.25, 0.3) is 0 Å². The van der Waals surface area contributed by atoms with E-state index in [1.54, 1.807) is 6.08 Å². The second kappa shape index (κ2) is 4.98. The summed E-state index contributed by atoms with van der Waals surface area (Å²) >= 11 is 0. The molecule has 0 aliphatic carbocycles. The molecule has 0 aromatic heterocycles. The van der Waals surface area contributed by atoms with Gasteiger partial charge in [0.05, 0.1) is 0 Å². The van der Waals surface area contributed by atoms with E-state index in [9.17, 15) is 4.79 Å². The van der Waals surface area contributed by atoms with Crippen molar-refractivity contribution in [1.29, 1.82) is 0 Å². The number of Topliss-reactive ketones (excluding diaryl/α,β-unsaturated/α-hetero) is 1. The summed E-state index contributed by atoms with van der Waals surface area (Å²) in [5, 5.41) is 0. The van der Waals surface area contributed by atoms with Crippen LogP contribution in [0.25, 0.3) is 0 Å². The van der Waals surface area contributed by atoms with E-state index in [4.69, 9.17) is 0 Å². The van der Waals surface area contributed by atoms with Crippen molar-refractivity contribution in [2.24, 2.45) is 0 Å². The average molecular weight is 138 g/mol. The summed E-state index contributed by atoms with van der Waals surface area (Å²) < 4.78 is 0. The highest BCUT2D eigenvalue weighted by Gasteiger charge is 1.97. The van der Waals surface area contributed by atoms with Crippen molar-refractivity contribution in [2.45, 2.75) is 26.7 Å². The van der Waals surface area contributed by atoms with Crippen molar-refractivity contribution in [1.82, 2.24) is 0 Å². The lowest BCUT2D eigenvalue weighted by Crippen LogP contribution is -1.95. The number of hydrogen-bond donors (Lipinski definition) is 0. The lowest BCUT2D eigenvalue weighted by molar-refractivity contribution is -0.114. The standard InChI is InChI=1S/C9H14O/c1-4-6-7-8(3)9(10)5-2/h6-7H,3-5H2,1-2H3/b7-6-. The fourth-order valence-electron chi connectivity index (χ4n) is 0.580. The summed E-state index contributed by atoms with van der Waals surface area (Å²) in [6, 6.07) is 0. The Morgan fingerprint density at radius 3 is 2.50 bits per heavy atom. The maximum Gasteiger partial charge on any atom is 0.161 e. The van der Waals surface area contributed by atoms with Gasteiger partial charge in [0.2, 0.25) is 0 Å². The van der Waals surface area contributed by atoms with Gasteiger partial charge in [-0.15, -0.1) is 0 Å². The molecule has 0 aromatic rings. The van der Waals surface area contributed by atoms with Crippen LogP contribution in [-0.4, -0.2) is 5.78 Å². The normalized spacial score (nSPS) is 10.2. The third-order valence-electron chi connectivity index (χ3n) is 1.23.